The number of halogens is 2. The third-order valence-electron chi connectivity index (χ3n) is 3.66. The van der Waals surface area contributed by atoms with Crippen LogP contribution in [0.15, 0.2) is 22.7 Å². The average molecular weight is 374 g/mol. The van der Waals surface area contributed by atoms with Crippen LogP contribution in [0.5, 0.6) is 0 Å². The lowest BCUT2D eigenvalue weighted by Crippen LogP contribution is -2.65. The van der Waals surface area contributed by atoms with Crippen molar-refractivity contribution in [3.8, 4) is 0 Å². The summed E-state index contributed by atoms with van der Waals surface area (Å²) in [6.45, 7) is 5.72. The minimum Gasteiger partial charge on any atom is -0.342 e. The van der Waals surface area contributed by atoms with E-state index in [9.17, 15) is 9.59 Å². The number of carbonyl (C=O) groups is 2. The first-order valence-corrected chi connectivity index (χ1v) is 8.13. The minimum absolute atomic E-state index is 0.0275. The molecule has 2 atom stereocenters. The smallest absolute Gasteiger partial charge is 0.250 e. The van der Waals surface area contributed by atoms with Crippen molar-refractivity contribution < 1.29 is 9.59 Å². The molecule has 1 saturated heterocycles. The lowest BCUT2D eigenvalue weighted by molar-refractivity contribution is -0.134. The van der Waals surface area contributed by atoms with Gasteiger partial charge in [0, 0.05) is 0 Å². The predicted molar refractivity (Wildman–Crippen MR) is 87.5 cm³/mol. The minimum atomic E-state index is -0.512. The second-order valence-corrected chi connectivity index (χ2v) is 6.64. The molecule has 2 rings (SSSR count). The number of amides is 2. The third kappa shape index (κ3) is 2.94. The monoisotopic (exact) mass is 372 g/mol. The van der Waals surface area contributed by atoms with Crippen LogP contribution >= 0.6 is 27.5 Å². The molecule has 1 aliphatic heterocycles. The Morgan fingerprint density at radius 1 is 1.38 bits per heavy atom. The van der Waals surface area contributed by atoms with E-state index in [0.717, 1.165) is 0 Å². The number of piperazine rings is 1. The van der Waals surface area contributed by atoms with Crippen molar-refractivity contribution in [3.63, 3.8) is 0 Å². The highest BCUT2D eigenvalue weighted by Gasteiger charge is 2.42. The van der Waals surface area contributed by atoms with E-state index in [1.54, 1.807) is 23.1 Å². The summed E-state index contributed by atoms with van der Waals surface area (Å²) in [6.07, 6.45) is 0.543. The van der Waals surface area contributed by atoms with E-state index in [1.807, 2.05) is 20.8 Å². The Morgan fingerprint density at radius 3 is 2.62 bits per heavy atom. The van der Waals surface area contributed by atoms with E-state index < -0.39 is 12.1 Å². The molecule has 2 amide bonds. The predicted octanol–water partition coefficient (Wildman–Crippen LogP) is 3.37. The summed E-state index contributed by atoms with van der Waals surface area (Å²) in [5.74, 6) is -0.193. The number of rotatable bonds is 3. The molecule has 0 spiro atoms. The van der Waals surface area contributed by atoms with Crippen molar-refractivity contribution in [1.29, 1.82) is 0 Å². The second kappa shape index (κ2) is 6.36. The molecule has 0 radical (unpaired) electrons. The van der Waals surface area contributed by atoms with Crippen molar-refractivity contribution >= 4 is 45.0 Å². The molecule has 1 aromatic carbocycles. The topological polar surface area (TPSA) is 49.4 Å². The molecule has 2 unspecified atom stereocenters. The van der Waals surface area contributed by atoms with Crippen molar-refractivity contribution in [2.75, 3.05) is 4.90 Å². The number of carbonyl (C=O) groups excluding carboxylic acids is 2. The van der Waals surface area contributed by atoms with Crippen molar-refractivity contribution in [1.82, 2.24) is 5.32 Å². The lowest BCUT2D eigenvalue weighted by atomic mass is 9.96. The molecule has 4 nitrogen and oxygen atoms in total. The van der Waals surface area contributed by atoms with Gasteiger partial charge in [-0.25, -0.2) is 0 Å². The lowest BCUT2D eigenvalue weighted by Gasteiger charge is -2.40. The SMILES string of the molecule is CCC1C(=O)NC(C(C)C)C(=O)N1c1cccc(Cl)c1Br. The first-order valence-electron chi connectivity index (χ1n) is 6.96. The van der Waals surface area contributed by atoms with Gasteiger partial charge in [0.15, 0.2) is 0 Å². The fourth-order valence-corrected chi connectivity index (χ4v) is 3.14. The first kappa shape index (κ1) is 16.3. The highest BCUT2D eigenvalue weighted by atomic mass is 79.9. The Bertz CT molecular complexity index is 577. The zero-order valence-corrected chi connectivity index (χ0v) is 14.5. The Balaban J connectivity index is 2.52. The van der Waals surface area contributed by atoms with E-state index >= 15 is 0 Å². The van der Waals surface area contributed by atoms with Crippen molar-refractivity contribution in [3.05, 3.63) is 27.7 Å². The Hall–Kier alpha value is -1.07. The van der Waals surface area contributed by atoms with Gasteiger partial charge in [0.2, 0.25) is 5.91 Å². The van der Waals surface area contributed by atoms with Gasteiger partial charge in [-0.2, -0.15) is 0 Å². The maximum absolute atomic E-state index is 12.8. The van der Waals surface area contributed by atoms with E-state index in [2.05, 4.69) is 21.2 Å². The second-order valence-electron chi connectivity index (χ2n) is 5.44. The standard InChI is InChI=1S/C15H18BrClN2O2/c1-4-10-14(20)18-13(8(2)3)15(21)19(10)11-7-5-6-9(17)12(11)16/h5-8,10,13H,4H2,1-3H3,(H,18,20). The maximum atomic E-state index is 12.8. The van der Waals surface area contributed by atoms with Crippen LogP contribution in [-0.4, -0.2) is 23.9 Å². The van der Waals surface area contributed by atoms with Crippen LogP contribution in [0.1, 0.15) is 27.2 Å². The summed E-state index contributed by atoms with van der Waals surface area (Å²) in [7, 11) is 0. The Morgan fingerprint density at radius 2 is 2.05 bits per heavy atom. The summed E-state index contributed by atoms with van der Waals surface area (Å²) in [5, 5.41) is 3.34. The van der Waals surface area contributed by atoms with Crippen LogP contribution in [0.4, 0.5) is 5.69 Å². The van der Waals surface area contributed by atoms with Crippen LogP contribution in [0.2, 0.25) is 5.02 Å². The molecule has 1 fully saturated rings. The molecule has 114 valence electrons. The number of nitrogens with zero attached hydrogens (tertiary/aromatic N) is 1. The van der Waals surface area contributed by atoms with E-state index in [0.29, 0.717) is 21.6 Å². The van der Waals surface area contributed by atoms with Gasteiger partial charge in [0.25, 0.3) is 5.91 Å². The zero-order valence-electron chi connectivity index (χ0n) is 12.2. The van der Waals surface area contributed by atoms with Gasteiger partial charge in [0.1, 0.15) is 12.1 Å². The zero-order chi connectivity index (χ0) is 15.7. The highest BCUT2D eigenvalue weighted by Crippen LogP contribution is 2.36. The number of nitrogens with one attached hydrogen (secondary N) is 1. The first-order chi connectivity index (χ1) is 9.88. The summed E-state index contributed by atoms with van der Waals surface area (Å²) in [6, 6.07) is 4.30. The summed E-state index contributed by atoms with van der Waals surface area (Å²) < 4.78 is 0.635. The largest absolute Gasteiger partial charge is 0.342 e. The summed E-state index contributed by atoms with van der Waals surface area (Å²) in [5.41, 5.74) is 0.639. The molecule has 0 aliphatic carbocycles. The quantitative estimate of drug-likeness (QED) is 0.883. The molecule has 1 N–H and O–H groups in total. The molecular weight excluding hydrogens is 356 g/mol. The van der Waals surface area contributed by atoms with E-state index in [4.69, 9.17) is 11.6 Å². The fraction of sp³-hybridized carbons (Fsp3) is 0.467. The van der Waals surface area contributed by atoms with Gasteiger partial charge in [-0.3, -0.25) is 14.5 Å². The molecule has 6 heteroatoms. The fourth-order valence-electron chi connectivity index (χ4n) is 2.52. The van der Waals surface area contributed by atoms with Gasteiger partial charge in [0.05, 0.1) is 15.2 Å². The number of hydrogen-bond acceptors (Lipinski definition) is 2. The van der Waals surface area contributed by atoms with Crippen LogP contribution in [0.25, 0.3) is 0 Å². The molecule has 0 aromatic heterocycles. The van der Waals surface area contributed by atoms with Gasteiger partial charge in [-0.15, -0.1) is 0 Å². The molecule has 0 saturated carbocycles. The van der Waals surface area contributed by atoms with E-state index in [1.165, 1.54) is 0 Å². The third-order valence-corrected chi connectivity index (χ3v) is 5.04. The molecular formula is C15H18BrClN2O2. The Labute approximate surface area is 138 Å². The average Bonchev–Trinajstić information content (AvgIpc) is 2.43. The summed E-state index contributed by atoms with van der Waals surface area (Å²) >= 11 is 9.54. The van der Waals surface area contributed by atoms with E-state index in [-0.39, 0.29) is 17.7 Å². The maximum Gasteiger partial charge on any atom is 0.250 e. The van der Waals surface area contributed by atoms with Gasteiger partial charge in [-0.1, -0.05) is 38.4 Å². The number of benzene rings is 1. The summed E-state index contributed by atoms with van der Waals surface area (Å²) in [4.78, 5) is 26.7. The Kier molecular flexibility index (Phi) is 4.94. The van der Waals surface area contributed by atoms with Gasteiger partial charge in [-0.05, 0) is 40.4 Å². The molecule has 1 aromatic rings. The van der Waals surface area contributed by atoms with Crippen molar-refractivity contribution in [2.45, 2.75) is 39.3 Å². The van der Waals surface area contributed by atoms with Crippen LogP contribution < -0.4 is 10.2 Å². The molecule has 1 heterocycles. The number of anilines is 1. The molecule has 1 aliphatic rings. The highest BCUT2D eigenvalue weighted by molar-refractivity contribution is 9.10. The molecule has 0 bridgehead atoms. The normalized spacial score (nSPS) is 22.7. The van der Waals surface area contributed by atoms with Crippen LogP contribution in [-0.2, 0) is 9.59 Å². The van der Waals surface area contributed by atoms with Crippen molar-refractivity contribution in [2.24, 2.45) is 5.92 Å². The van der Waals surface area contributed by atoms with Gasteiger partial charge < -0.3 is 5.32 Å². The van der Waals surface area contributed by atoms with Crippen LogP contribution in [0.3, 0.4) is 0 Å². The molecule has 21 heavy (non-hydrogen) atoms. The number of hydrogen-bond donors (Lipinski definition) is 1. The van der Waals surface area contributed by atoms with Crippen LogP contribution in [0, 0.1) is 5.92 Å². The van der Waals surface area contributed by atoms with Gasteiger partial charge >= 0.3 is 0 Å².